The maximum absolute atomic E-state index is 13.5. The smallest absolute Gasteiger partial charge is 0.342 e. The molecule has 0 bridgehead atoms. The minimum atomic E-state index is -4.27. The molecule has 1 aromatic carbocycles. The van der Waals surface area contributed by atoms with E-state index in [2.05, 4.69) is 0 Å². The van der Waals surface area contributed by atoms with Gasteiger partial charge in [-0.05, 0) is 45.7 Å². The van der Waals surface area contributed by atoms with Crippen LogP contribution < -0.4 is 15.4 Å². The van der Waals surface area contributed by atoms with E-state index in [1.165, 1.54) is 19.1 Å². The first-order chi connectivity index (χ1) is 14.7. The quantitative estimate of drug-likeness (QED) is 0.569. The Morgan fingerprint density at radius 2 is 1.68 bits per heavy atom. The molecule has 0 N–H and O–H groups in total. The van der Waals surface area contributed by atoms with E-state index in [9.17, 15) is 18.0 Å². The van der Waals surface area contributed by atoms with Gasteiger partial charge in [0.25, 0.3) is 5.56 Å². The molecule has 3 heterocycles. The molecule has 0 unspecified atom stereocenters. The van der Waals surface area contributed by atoms with Gasteiger partial charge < -0.3 is 17.9 Å². The Balaban J connectivity index is 1.93. The number of hydrogen-bond acceptors (Lipinski definition) is 7. The second-order valence-electron chi connectivity index (χ2n) is 7.74. The van der Waals surface area contributed by atoms with E-state index in [0.29, 0.717) is 31.7 Å². The number of rotatable bonds is 4. The third kappa shape index (κ3) is 3.90. The zero-order chi connectivity index (χ0) is 22.3. The SMILES string of the molecule is Cc1ccc(S(=O)(=O)Oc2c(C)c(=O)oc3cc(C)n(C4CCOCC4)c(=O)c23)cc1. The van der Waals surface area contributed by atoms with Gasteiger partial charge in [-0.1, -0.05) is 17.7 Å². The summed E-state index contributed by atoms with van der Waals surface area (Å²) in [5.41, 5.74) is 0.199. The number of ether oxygens (including phenoxy) is 1. The van der Waals surface area contributed by atoms with Crippen LogP contribution in [0.3, 0.4) is 0 Å². The molecule has 0 atom stereocenters. The van der Waals surface area contributed by atoms with Gasteiger partial charge in [0.2, 0.25) is 0 Å². The minimum Gasteiger partial charge on any atom is -0.422 e. The summed E-state index contributed by atoms with van der Waals surface area (Å²) in [7, 11) is -4.27. The van der Waals surface area contributed by atoms with Crippen molar-refractivity contribution in [2.24, 2.45) is 0 Å². The van der Waals surface area contributed by atoms with E-state index in [-0.39, 0.29) is 33.2 Å². The minimum absolute atomic E-state index is 0.00415. The average molecular weight is 445 g/mol. The summed E-state index contributed by atoms with van der Waals surface area (Å²) in [5.74, 6) is -0.294. The zero-order valence-corrected chi connectivity index (χ0v) is 18.3. The van der Waals surface area contributed by atoms with E-state index in [1.54, 1.807) is 29.7 Å². The molecule has 0 saturated carbocycles. The molecule has 4 rings (SSSR count). The maximum Gasteiger partial charge on any atom is 0.342 e. The van der Waals surface area contributed by atoms with Crippen LogP contribution in [0.25, 0.3) is 11.0 Å². The van der Waals surface area contributed by atoms with Crippen LogP contribution in [-0.2, 0) is 14.9 Å². The Labute approximate surface area is 179 Å². The third-order valence-corrected chi connectivity index (χ3v) is 6.77. The third-order valence-electron chi connectivity index (χ3n) is 5.53. The van der Waals surface area contributed by atoms with Crippen molar-refractivity contribution in [2.75, 3.05) is 13.2 Å². The molecule has 1 saturated heterocycles. The maximum atomic E-state index is 13.5. The van der Waals surface area contributed by atoms with Gasteiger partial charge in [-0.25, -0.2) is 4.79 Å². The van der Waals surface area contributed by atoms with Crippen molar-refractivity contribution < 1.29 is 21.8 Å². The van der Waals surface area contributed by atoms with Gasteiger partial charge in [0.05, 0.1) is 5.56 Å². The predicted octanol–water partition coefficient (Wildman–Crippen LogP) is 3.00. The summed E-state index contributed by atoms with van der Waals surface area (Å²) >= 11 is 0. The van der Waals surface area contributed by atoms with Gasteiger partial charge >= 0.3 is 15.7 Å². The highest BCUT2D eigenvalue weighted by molar-refractivity contribution is 7.87. The number of benzene rings is 1. The second-order valence-corrected chi connectivity index (χ2v) is 9.28. The molecule has 2 aromatic heterocycles. The standard InChI is InChI=1S/C22H23NO7S/c1-13-4-6-17(7-5-13)31(26,27)30-20-15(3)22(25)29-18-12-14(2)23(21(24)19(18)20)16-8-10-28-11-9-16/h4-7,12,16H,8-11H2,1-3H3. The monoisotopic (exact) mass is 445 g/mol. The first-order valence-electron chi connectivity index (χ1n) is 9.97. The summed E-state index contributed by atoms with van der Waals surface area (Å²) in [6.07, 6.45) is 1.31. The van der Waals surface area contributed by atoms with Crippen LogP contribution in [0.15, 0.2) is 49.2 Å². The largest absolute Gasteiger partial charge is 0.422 e. The van der Waals surface area contributed by atoms with E-state index < -0.39 is 21.3 Å². The summed E-state index contributed by atoms with van der Waals surface area (Å²) < 4.78 is 43.5. The topological polar surface area (TPSA) is 105 Å². The first-order valence-corrected chi connectivity index (χ1v) is 11.4. The highest BCUT2D eigenvalue weighted by Crippen LogP contribution is 2.30. The zero-order valence-electron chi connectivity index (χ0n) is 17.5. The van der Waals surface area contributed by atoms with Gasteiger partial charge in [-0.15, -0.1) is 0 Å². The number of nitrogens with zero attached hydrogens (tertiary/aromatic N) is 1. The van der Waals surface area contributed by atoms with Gasteiger partial charge in [-0.2, -0.15) is 8.42 Å². The van der Waals surface area contributed by atoms with Crippen LogP contribution >= 0.6 is 0 Å². The highest BCUT2D eigenvalue weighted by atomic mass is 32.2. The average Bonchev–Trinajstić information content (AvgIpc) is 2.72. The van der Waals surface area contributed by atoms with Crippen LogP contribution in [0.1, 0.15) is 35.7 Å². The number of aromatic nitrogens is 1. The fourth-order valence-electron chi connectivity index (χ4n) is 3.83. The fraction of sp³-hybridized carbons (Fsp3) is 0.364. The van der Waals surface area contributed by atoms with Crippen molar-refractivity contribution in [3.8, 4) is 5.75 Å². The Morgan fingerprint density at radius 1 is 1.03 bits per heavy atom. The van der Waals surface area contributed by atoms with Gasteiger partial charge in [-0.3, -0.25) is 4.79 Å². The van der Waals surface area contributed by atoms with Crippen molar-refractivity contribution in [1.82, 2.24) is 4.57 Å². The Bertz CT molecular complexity index is 1360. The molecule has 0 spiro atoms. The normalized spacial score (nSPS) is 15.3. The lowest BCUT2D eigenvalue weighted by atomic mass is 10.1. The van der Waals surface area contributed by atoms with Crippen molar-refractivity contribution in [2.45, 2.75) is 44.6 Å². The molecule has 31 heavy (non-hydrogen) atoms. The molecule has 1 aliphatic heterocycles. The Hall–Kier alpha value is -2.91. The van der Waals surface area contributed by atoms with Crippen molar-refractivity contribution in [3.05, 3.63) is 67.9 Å². The molecule has 1 fully saturated rings. The van der Waals surface area contributed by atoms with Crippen LogP contribution in [0.4, 0.5) is 0 Å². The summed E-state index contributed by atoms with van der Waals surface area (Å²) in [6, 6.07) is 7.58. The van der Waals surface area contributed by atoms with Crippen LogP contribution in [-0.4, -0.2) is 26.2 Å². The predicted molar refractivity (Wildman–Crippen MR) is 114 cm³/mol. The number of fused-ring (bicyclic) bond motifs is 1. The lowest BCUT2D eigenvalue weighted by molar-refractivity contribution is 0.0682. The van der Waals surface area contributed by atoms with Gasteiger partial charge in [0.15, 0.2) is 5.75 Å². The Kier molecular flexibility index (Phi) is 5.49. The molecule has 0 aliphatic carbocycles. The van der Waals surface area contributed by atoms with E-state index in [1.807, 2.05) is 6.92 Å². The van der Waals surface area contributed by atoms with Crippen molar-refractivity contribution in [3.63, 3.8) is 0 Å². The molecule has 164 valence electrons. The molecular weight excluding hydrogens is 422 g/mol. The first kappa shape index (κ1) is 21.3. The molecule has 9 heteroatoms. The number of pyridine rings is 1. The summed E-state index contributed by atoms with van der Waals surface area (Å²) in [5, 5.41) is -0.0649. The number of aryl methyl sites for hydroxylation is 2. The summed E-state index contributed by atoms with van der Waals surface area (Å²) in [4.78, 5) is 25.8. The molecular formula is C22H23NO7S. The summed E-state index contributed by atoms with van der Waals surface area (Å²) in [6.45, 7) is 6.02. The van der Waals surface area contributed by atoms with Crippen LogP contribution in [0.5, 0.6) is 5.75 Å². The number of hydrogen-bond donors (Lipinski definition) is 0. The van der Waals surface area contributed by atoms with Crippen molar-refractivity contribution >= 4 is 21.1 Å². The van der Waals surface area contributed by atoms with Crippen LogP contribution in [0.2, 0.25) is 0 Å². The lowest BCUT2D eigenvalue weighted by Gasteiger charge is -2.26. The lowest BCUT2D eigenvalue weighted by Crippen LogP contribution is -2.31. The van der Waals surface area contributed by atoms with Crippen LogP contribution in [0, 0.1) is 20.8 Å². The fourth-order valence-corrected chi connectivity index (χ4v) is 4.82. The Morgan fingerprint density at radius 3 is 2.32 bits per heavy atom. The molecule has 3 aromatic rings. The van der Waals surface area contributed by atoms with E-state index in [0.717, 1.165) is 5.56 Å². The second kappa shape index (κ2) is 7.97. The van der Waals surface area contributed by atoms with E-state index >= 15 is 0 Å². The van der Waals surface area contributed by atoms with Gasteiger partial charge in [0, 0.05) is 31.0 Å². The highest BCUT2D eigenvalue weighted by Gasteiger charge is 2.27. The molecule has 0 radical (unpaired) electrons. The van der Waals surface area contributed by atoms with Crippen molar-refractivity contribution in [1.29, 1.82) is 0 Å². The van der Waals surface area contributed by atoms with Gasteiger partial charge in [0.1, 0.15) is 15.9 Å². The van der Waals surface area contributed by atoms with E-state index in [4.69, 9.17) is 13.3 Å². The molecule has 0 amide bonds. The molecule has 8 nitrogen and oxygen atoms in total. The molecule has 1 aliphatic rings.